The first-order valence-corrected chi connectivity index (χ1v) is 11.4. The molecule has 5 rings (SSSR count). The molecule has 0 bridgehead atoms. The van der Waals surface area contributed by atoms with Gasteiger partial charge in [-0.15, -0.1) is 0 Å². The number of nitrogens with zero attached hydrogens (tertiary/aromatic N) is 2. The van der Waals surface area contributed by atoms with Crippen LogP contribution in [0.15, 0.2) is 73.1 Å². The van der Waals surface area contributed by atoms with Crippen molar-refractivity contribution in [3.63, 3.8) is 0 Å². The maximum absolute atomic E-state index is 12.4. The lowest BCUT2D eigenvalue weighted by molar-refractivity contribution is 0.0954. The number of aromatic nitrogens is 2. The standard InChI is InChI=1S/C25H22N4O3S/c26-23-12-16(10-11-27-23)14-28-24(30)22-15-29-25(33-22)31-19-7-9-21-18(13-19)6-8-20(32-21)17-4-2-1-3-5-17/h1-5,7,9-13,15,20H,6,8,14H2,(H2,26,27)(H,28,30). The van der Waals surface area contributed by atoms with Crippen molar-refractivity contribution in [2.75, 3.05) is 5.73 Å². The van der Waals surface area contributed by atoms with E-state index in [0.29, 0.717) is 28.2 Å². The molecule has 2 aromatic heterocycles. The summed E-state index contributed by atoms with van der Waals surface area (Å²) in [7, 11) is 0. The van der Waals surface area contributed by atoms with Crippen LogP contribution >= 0.6 is 11.3 Å². The summed E-state index contributed by atoms with van der Waals surface area (Å²) in [5.41, 5.74) is 8.84. The summed E-state index contributed by atoms with van der Waals surface area (Å²) in [6, 6.07) is 19.6. The van der Waals surface area contributed by atoms with Crippen LogP contribution in [0, 0.1) is 0 Å². The zero-order chi connectivity index (χ0) is 22.6. The van der Waals surface area contributed by atoms with E-state index in [1.807, 2.05) is 36.4 Å². The number of nitrogens with one attached hydrogen (secondary N) is 1. The highest BCUT2D eigenvalue weighted by Crippen LogP contribution is 2.38. The zero-order valence-electron chi connectivity index (χ0n) is 17.7. The summed E-state index contributed by atoms with van der Waals surface area (Å²) in [6.07, 6.45) is 5.00. The highest BCUT2D eigenvalue weighted by Gasteiger charge is 2.22. The number of rotatable bonds is 6. The van der Waals surface area contributed by atoms with Crippen molar-refractivity contribution in [3.8, 4) is 16.7 Å². The molecule has 0 saturated heterocycles. The Hall–Kier alpha value is -3.91. The maximum atomic E-state index is 12.4. The van der Waals surface area contributed by atoms with Crippen LogP contribution in [-0.2, 0) is 13.0 Å². The van der Waals surface area contributed by atoms with Crippen LogP contribution < -0.4 is 20.5 Å². The first kappa shape index (κ1) is 21.0. The SMILES string of the molecule is Nc1cc(CNC(=O)c2cnc(Oc3ccc4c(c3)CCC(c3ccccc3)O4)s2)ccn1. The topological polar surface area (TPSA) is 99.4 Å². The fraction of sp³-hybridized carbons (Fsp3) is 0.160. The van der Waals surface area contributed by atoms with Crippen molar-refractivity contribution in [3.05, 3.63) is 94.6 Å². The number of carbonyl (C=O) groups excluding carboxylic acids is 1. The summed E-state index contributed by atoms with van der Waals surface area (Å²) in [5.74, 6) is 1.74. The van der Waals surface area contributed by atoms with E-state index in [-0.39, 0.29) is 12.0 Å². The van der Waals surface area contributed by atoms with E-state index in [9.17, 15) is 4.79 Å². The number of thiazole rings is 1. The number of amides is 1. The Labute approximate surface area is 195 Å². The molecule has 2 aromatic carbocycles. The molecular weight excluding hydrogens is 436 g/mol. The Balaban J connectivity index is 1.21. The first-order valence-electron chi connectivity index (χ1n) is 10.6. The van der Waals surface area contributed by atoms with E-state index < -0.39 is 0 Å². The Kier molecular flexibility index (Phi) is 5.91. The Morgan fingerprint density at radius 1 is 1.15 bits per heavy atom. The van der Waals surface area contributed by atoms with Crippen LogP contribution in [0.2, 0.25) is 0 Å². The predicted octanol–water partition coefficient (Wildman–Crippen LogP) is 4.91. The summed E-state index contributed by atoms with van der Waals surface area (Å²) in [5, 5.41) is 3.26. The minimum Gasteiger partial charge on any atom is -0.485 e. The van der Waals surface area contributed by atoms with Crippen LogP contribution in [0.25, 0.3) is 0 Å². The van der Waals surface area contributed by atoms with Gasteiger partial charge in [-0.1, -0.05) is 41.7 Å². The fourth-order valence-corrected chi connectivity index (χ4v) is 4.42. The Morgan fingerprint density at radius 2 is 2.03 bits per heavy atom. The lowest BCUT2D eigenvalue weighted by Crippen LogP contribution is -2.21. The lowest BCUT2D eigenvalue weighted by Gasteiger charge is -2.26. The van der Waals surface area contributed by atoms with Crippen LogP contribution in [0.3, 0.4) is 0 Å². The van der Waals surface area contributed by atoms with E-state index in [0.717, 1.165) is 29.7 Å². The van der Waals surface area contributed by atoms with E-state index in [2.05, 4.69) is 27.4 Å². The monoisotopic (exact) mass is 458 g/mol. The number of nitrogens with two attached hydrogens (primary N) is 1. The third-order valence-electron chi connectivity index (χ3n) is 5.36. The predicted molar refractivity (Wildman–Crippen MR) is 127 cm³/mol. The van der Waals surface area contributed by atoms with Gasteiger partial charge < -0.3 is 20.5 Å². The fourth-order valence-electron chi connectivity index (χ4n) is 3.72. The Bertz CT molecular complexity index is 1280. The molecule has 1 atom stereocenters. The normalized spacial score (nSPS) is 14.7. The third-order valence-corrected chi connectivity index (χ3v) is 6.23. The summed E-state index contributed by atoms with van der Waals surface area (Å²) in [6.45, 7) is 0.356. The number of ether oxygens (including phenoxy) is 2. The molecule has 1 unspecified atom stereocenters. The minimum absolute atomic E-state index is 0.0640. The van der Waals surface area contributed by atoms with Gasteiger partial charge in [0.2, 0.25) is 0 Å². The smallest absolute Gasteiger partial charge is 0.279 e. The molecule has 1 aliphatic heterocycles. The number of carbonyl (C=O) groups is 1. The molecule has 3 N–H and O–H groups in total. The van der Waals surface area contributed by atoms with Gasteiger partial charge in [0.05, 0.1) is 6.20 Å². The van der Waals surface area contributed by atoms with Gasteiger partial charge in [-0.2, -0.15) is 0 Å². The molecule has 0 saturated carbocycles. The molecular formula is C25H22N4O3S. The second kappa shape index (κ2) is 9.30. The van der Waals surface area contributed by atoms with Crippen LogP contribution in [0.1, 0.15) is 38.9 Å². The molecule has 0 aliphatic carbocycles. The molecule has 1 aliphatic rings. The summed E-state index contributed by atoms with van der Waals surface area (Å²) < 4.78 is 12.1. The van der Waals surface area contributed by atoms with Gasteiger partial charge >= 0.3 is 0 Å². The second-order valence-electron chi connectivity index (χ2n) is 7.69. The van der Waals surface area contributed by atoms with Gasteiger partial charge in [-0.25, -0.2) is 9.97 Å². The maximum Gasteiger partial charge on any atom is 0.279 e. The highest BCUT2D eigenvalue weighted by molar-refractivity contribution is 7.15. The zero-order valence-corrected chi connectivity index (χ0v) is 18.5. The van der Waals surface area contributed by atoms with Crippen LogP contribution in [-0.4, -0.2) is 15.9 Å². The molecule has 8 heteroatoms. The molecule has 33 heavy (non-hydrogen) atoms. The molecule has 3 heterocycles. The van der Waals surface area contributed by atoms with Crippen molar-refractivity contribution in [2.45, 2.75) is 25.5 Å². The number of hydrogen-bond donors (Lipinski definition) is 2. The van der Waals surface area contributed by atoms with Gasteiger partial charge in [-0.05, 0) is 59.9 Å². The largest absolute Gasteiger partial charge is 0.485 e. The van der Waals surface area contributed by atoms with Gasteiger partial charge in [0.15, 0.2) is 0 Å². The van der Waals surface area contributed by atoms with E-state index in [1.54, 1.807) is 18.3 Å². The number of aryl methyl sites for hydroxylation is 1. The number of hydrogen-bond acceptors (Lipinski definition) is 7. The van der Waals surface area contributed by atoms with Crippen molar-refractivity contribution in [1.29, 1.82) is 0 Å². The van der Waals surface area contributed by atoms with Crippen molar-refractivity contribution < 1.29 is 14.3 Å². The molecule has 7 nitrogen and oxygen atoms in total. The average molecular weight is 459 g/mol. The average Bonchev–Trinajstić information content (AvgIpc) is 3.31. The number of anilines is 1. The number of fused-ring (bicyclic) bond motifs is 1. The van der Waals surface area contributed by atoms with Gasteiger partial charge in [-0.3, -0.25) is 4.79 Å². The molecule has 4 aromatic rings. The highest BCUT2D eigenvalue weighted by atomic mass is 32.1. The molecule has 1 amide bonds. The second-order valence-corrected chi connectivity index (χ2v) is 8.68. The molecule has 166 valence electrons. The summed E-state index contributed by atoms with van der Waals surface area (Å²) >= 11 is 1.20. The quantitative estimate of drug-likeness (QED) is 0.426. The van der Waals surface area contributed by atoms with Crippen LogP contribution in [0.4, 0.5) is 5.82 Å². The van der Waals surface area contributed by atoms with Gasteiger partial charge in [0.25, 0.3) is 11.1 Å². The van der Waals surface area contributed by atoms with E-state index in [1.165, 1.54) is 23.1 Å². The van der Waals surface area contributed by atoms with Gasteiger partial charge in [0.1, 0.15) is 28.3 Å². The van der Waals surface area contributed by atoms with E-state index in [4.69, 9.17) is 15.2 Å². The molecule has 0 spiro atoms. The number of nitrogen functional groups attached to an aromatic ring is 1. The lowest BCUT2D eigenvalue weighted by atomic mass is 9.97. The number of pyridine rings is 1. The van der Waals surface area contributed by atoms with E-state index >= 15 is 0 Å². The van der Waals surface area contributed by atoms with Crippen molar-refractivity contribution in [2.24, 2.45) is 0 Å². The molecule has 0 fully saturated rings. The van der Waals surface area contributed by atoms with Gasteiger partial charge in [0, 0.05) is 12.7 Å². The third kappa shape index (κ3) is 4.96. The Morgan fingerprint density at radius 3 is 2.88 bits per heavy atom. The van der Waals surface area contributed by atoms with Crippen LogP contribution in [0.5, 0.6) is 16.7 Å². The van der Waals surface area contributed by atoms with Crippen molar-refractivity contribution >= 4 is 23.1 Å². The molecule has 0 radical (unpaired) electrons. The minimum atomic E-state index is -0.219. The summed E-state index contributed by atoms with van der Waals surface area (Å²) in [4.78, 5) is 21.1. The van der Waals surface area contributed by atoms with Crippen molar-refractivity contribution in [1.82, 2.24) is 15.3 Å². The number of benzene rings is 2. The first-order chi connectivity index (χ1) is 16.1.